The monoisotopic (exact) mass is 286 g/mol. The highest BCUT2D eigenvalue weighted by Gasteiger charge is 2.15. The van der Waals surface area contributed by atoms with Crippen molar-refractivity contribution < 1.29 is 17.9 Å². The standard InChI is InChI=1S/C12H18N2O4S/c1-9(18-2)7-8-12(15)14-10-5-3-4-6-11(10)19(13,16)17/h3-6,9H,7-8H2,1-2H3,(H,14,15)(H2,13,16,17). The molecule has 0 fully saturated rings. The number of primary sulfonamides is 1. The first kappa shape index (κ1) is 15.6. The van der Waals surface area contributed by atoms with E-state index in [0.29, 0.717) is 6.42 Å². The van der Waals surface area contributed by atoms with Crippen molar-refractivity contribution in [3.63, 3.8) is 0 Å². The molecular formula is C12H18N2O4S. The van der Waals surface area contributed by atoms with Gasteiger partial charge in [0.2, 0.25) is 15.9 Å². The summed E-state index contributed by atoms with van der Waals surface area (Å²) < 4.78 is 27.7. The smallest absolute Gasteiger partial charge is 0.240 e. The Morgan fingerprint density at radius 1 is 1.42 bits per heavy atom. The lowest BCUT2D eigenvalue weighted by molar-refractivity contribution is -0.116. The van der Waals surface area contributed by atoms with Gasteiger partial charge in [-0.15, -0.1) is 0 Å². The van der Waals surface area contributed by atoms with E-state index in [1.54, 1.807) is 19.2 Å². The Balaban J connectivity index is 2.75. The molecule has 6 nitrogen and oxygen atoms in total. The van der Waals surface area contributed by atoms with Gasteiger partial charge in [0, 0.05) is 13.5 Å². The van der Waals surface area contributed by atoms with E-state index in [1.807, 2.05) is 6.92 Å². The number of hydrogen-bond donors (Lipinski definition) is 2. The van der Waals surface area contributed by atoms with E-state index < -0.39 is 10.0 Å². The molecule has 1 atom stereocenters. The van der Waals surface area contributed by atoms with Crippen LogP contribution in [-0.2, 0) is 19.6 Å². The third-order valence-electron chi connectivity index (χ3n) is 2.65. The maximum absolute atomic E-state index is 11.7. The zero-order valence-corrected chi connectivity index (χ0v) is 11.7. The van der Waals surface area contributed by atoms with Crippen molar-refractivity contribution in [3.05, 3.63) is 24.3 Å². The third kappa shape index (κ3) is 4.98. The van der Waals surface area contributed by atoms with E-state index in [-0.39, 0.29) is 29.0 Å². The number of methoxy groups -OCH3 is 1. The van der Waals surface area contributed by atoms with Crippen LogP contribution in [0, 0.1) is 0 Å². The van der Waals surface area contributed by atoms with Crippen LogP contribution in [0.15, 0.2) is 29.2 Å². The molecule has 0 aliphatic heterocycles. The highest BCUT2D eigenvalue weighted by atomic mass is 32.2. The Hall–Kier alpha value is -1.44. The molecule has 7 heteroatoms. The van der Waals surface area contributed by atoms with Gasteiger partial charge in [0.25, 0.3) is 0 Å². The molecule has 1 aromatic rings. The molecule has 0 saturated heterocycles. The van der Waals surface area contributed by atoms with E-state index >= 15 is 0 Å². The Labute approximate surface area is 113 Å². The molecule has 0 saturated carbocycles. The number of nitrogens with one attached hydrogen (secondary N) is 1. The van der Waals surface area contributed by atoms with E-state index in [9.17, 15) is 13.2 Å². The molecule has 0 aliphatic rings. The lowest BCUT2D eigenvalue weighted by Crippen LogP contribution is -2.19. The van der Waals surface area contributed by atoms with E-state index in [0.717, 1.165) is 0 Å². The van der Waals surface area contributed by atoms with Crippen molar-refractivity contribution in [3.8, 4) is 0 Å². The van der Waals surface area contributed by atoms with Gasteiger partial charge in [-0.25, -0.2) is 13.6 Å². The molecule has 1 rings (SSSR count). The minimum Gasteiger partial charge on any atom is -0.382 e. The Morgan fingerprint density at radius 2 is 2.05 bits per heavy atom. The first-order valence-electron chi connectivity index (χ1n) is 5.79. The summed E-state index contributed by atoms with van der Waals surface area (Å²) in [7, 11) is -2.29. The summed E-state index contributed by atoms with van der Waals surface area (Å²) in [6.07, 6.45) is 0.771. The number of carbonyl (C=O) groups excluding carboxylic acids is 1. The largest absolute Gasteiger partial charge is 0.382 e. The summed E-state index contributed by atoms with van der Waals surface area (Å²) in [5, 5.41) is 7.62. The molecule has 0 spiro atoms. The van der Waals surface area contributed by atoms with Crippen LogP contribution in [-0.4, -0.2) is 27.5 Å². The quantitative estimate of drug-likeness (QED) is 0.817. The number of amides is 1. The van der Waals surface area contributed by atoms with Crippen molar-refractivity contribution in [2.75, 3.05) is 12.4 Å². The van der Waals surface area contributed by atoms with Crippen molar-refractivity contribution >= 4 is 21.6 Å². The number of nitrogens with two attached hydrogens (primary N) is 1. The summed E-state index contributed by atoms with van der Waals surface area (Å²) >= 11 is 0. The number of benzene rings is 1. The van der Waals surface area contributed by atoms with Crippen LogP contribution < -0.4 is 10.5 Å². The van der Waals surface area contributed by atoms with Gasteiger partial charge in [0.1, 0.15) is 4.90 Å². The summed E-state index contributed by atoms with van der Waals surface area (Å²) in [5.74, 6) is -0.278. The Bertz CT molecular complexity index is 542. The summed E-state index contributed by atoms with van der Waals surface area (Å²) in [4.78, 5) is 11.6. The number of para-hydroxylation sites is 1. The highest BCUT2D eigenvalue weighted by Crippen LogP contribution is 2.19. The van der Waals surface area contributed by atoms with Crippen molar-refractivity contribution in [1.29, 1.82) is 0 Å². The Kier molecular flexibility index (Phi) is 5.46. The second kappa shape index (κ2) is 6.65. The summed E-state index contributed by atoms with van der Waals surface area (Å²) in [6.45, 7) is 1.85. The Morgan fingerprint density at radius 3 is 2.63 bits per heavy atom. The molecule has 0 heterocycles. The van der Waals surface area contributed by atoms with E-state index in [2.05, 4.69) is 5.32 Å². The summed E-state index contributed by atoms with van der Waals surface area (Å²) in [6, 6.07) is 6.02. The zero-order valence-electron chi connectivity index (χ0n) is 10.9. The highest BCUT2D eigenvalue weighted by molar-refractivity contribution is 7.89. The van der Waals surface area contributed by atoms with Gasteiger partial charge in [0.05, 0.1) is 11.8 Å². The average Bonchev–Trinajstić information content (AvgIpc) is 2.35. The minimum absolute atomic E-state index is 0.0285. The van der Waals surface area contributed by atoms with Crippen LogP contribution in [0.5, 0.6) is 0 Å². The fourth-order valence-corrected chi connectivity index (χ4v) is 2.18. The van der Waals surface area contributed by atoms with Gasteiger partial charge in [-0.3, -0.25) is 4.79 Å². The fraction of sp³-hybridized carbons (Fsp3) is 0.417. The maximum atomic E-state index is 11.7. The van der Waals surface area contributed by atoms with Crippen molar-refractivity contribution in [1.82, 2.24) is 0 Å². The number of anilines is 1. The van der Waals surface area contributed by atoms with Crippen molar-refractivity contribution in [2.24, 2.45) is 5.14 Å². The third-order valence-corrected chi connectivity index (χ3v) is 3.62. The predicted molar refractivity (Wildman–Crippen MR) is 72.1 cm³/mol. The topological polar surface area (TPSA) is 98.5 Å². The molecule has 1 unspecified atom stereocenters. The van der Waals surface area contributed by atoms with Gasteiger partial charge in [0.15, 0.2) is 0 Å². The molecule has 3 N–H and O–H groups in total. The normalized spacial score (nSPS) is 13.0. The van der Waals surface area contributed by atoms with Gasteiger partial charge >= 0.3 is 0 Å². The molecule has 106 valence electrons. The van der Waals surface area contributed by atoms with E-state index in [1.165, 1.54) is 12.1 Å². The van der Waals surface area contributed by atoms with Crippen LogP contribution in [0.25, 0.3) is 0 Å². The predicted octanol–water partition coefficient (Wildman–Crippen LogP) is 1.09. The van der Waals surface area contributed by atoms with Gasteiger partial charge in [-0.1, -0.05) is 12.1 Å². The van der Waals surface area contributed by atoms with Crippen LogP contribution in [0.4, 0.5) is 5.69 Å². The molecule has 0 aliphatic carbocycles. The first-order chi connectivity index (χ1) is 8.84. The van der Waals surface area contributed by atoms with Crippen LogP contribution in [0.1, 0.15) is 19.8 Å². The molecule has 0 bridgehead atoms. The van der Waals surface area contributed by atoms with Gasteiger partial charge in [-0.05, 0) is 25.5 Å². The van der Waals surface area contributed by atoms with Gasteiger partial charge in [-0.2, -0.15) is 0 Å². The number of carbonyl (C=O) groups is 1. The van der Waals surface area contributed by atoms with Crippen LogP contribution in [0.2, 0.25) is 0 Å². The molecule has 1 amide bonds. The number of ether oxygens (including phenoxy) is 1. The lowest BCUT2D eigenvalue weighted by Gasteiger charge is -2.11. The minimum atomic E-state index is -3.85. The zero-order chi connectivity index (χ0) is 14.5. The molecule has 19 heavy (non-hydrogen) atoms. The maximum Gasteiger partial charge on any atom is 0.240 e. The molecule has 1 aromatic carbocycles. The summed E-state index contributed by atoms with van der Waals surface area (Å²) in [5.41, 5.74) is 0.195. The van der Waals surface area contributed by atoms with Crippen LogP contribution in [0.3, 0.4) is 0 Å². The number of rotatable bonds is 6. The molecule has 0 radical (unpaired) electrons. The second-order valence-electron chi connectivity index (χ2n) is 4.17. The van der Waals surface area contributed by atoms with Crippen molar-refractivity contribution in [2.45, 2.75) is 30.8 Å². The SMILES string of the molecule is COC(C)CCC(=O)Nc1ccccc1S(N)(=O)=O. The second-order valence-corrected chi connectivity index (χ2v) is 5.70. The van der Waals surface area contributed by atoms with Crippen LogP contribution >= 0.6 is 0 Å². The average molecular weight is 286 g/mol. The number of sulfonamides is 1. The van der Waals surface area contributed by atoms with Gasteiger partial charge < -0.3 is 10.1 Å². The molecule has 0 aromatic heterocycles. The fourth-order valence-electron chi connectivity index (χ4n) is 1.48. The molecular weight excluding hydrogens is 268 g/mol. The van der Waals surface area contributed by atoms with E-state index in [4.69, 9.17) is 9.88 Å². The lowest BCUT2D eigenvalue weighted by atomic mass is 10.2. The number of hydrogen-bond acceptors (Lipinski definition) is 4. The first-order valence-corrected chi connectivity index (χ1v) is 7.33.